The Morgan fingerprint density at radius 3 is 2.30 bits per heavy atom. The number of halogens is 1. The van der Waals surface area contributed by atoms with Crippen LogP contribution in [0.4, 0.5) is 4.39 Å². The average molecular weight is 644 g/mol. The summed E-state index contributed by atoms with van der Waals surface area (Å²) in [5.74, 6) is -1.69. The highest BCUT2D eigenvalue weighted by molar-refractivity contribution is 7.90. The fraction of sp³-hybridized carbons (Fsp3) is 0.344. The van der Waals surface area contributed by atoms with E-state index in [1.165, 1.54) is 25.1 Å². The molecule has 0 fully saturated rings. The predicted octanol–water partition coefficient (Wildman–Crippen LogP) is 3.85. The number of aliphatic hydroxyl groups is 1. The molecule has 2 atom stereocenters. The smallest absolute Gasteiger partial charge is 0.264 e. The molecule has 0 radical (unpaired) electrons. The molecule has 3 aromatic rings. The minimum absolute atomic E-state index is 0.0805. The van der Waals surface area contributed by atoms with Crippen LogP contribution in [-0.2, 0) is 37.4 Å². The lowest BCUT2D eigenvalue weighted by Crippen LogP contribution is -2.37. The van der Waals surface area contributed by atoms with Crippen LogP contribution in [0, 0.1) is 5.82 Å². The minimum atomic E-state index is -4.25. The zero-order valence-corrected chi connectivity index (χ0v) is 26.4. The molecule has 3 amide bonds. The first-order valence-corrected chi connectivity index (χ1v) is 16.3. The van der Waals surface area contributed by atoms with Crippen LogP contribution in [0.1, 0.15) is 44.2 Å². The number of rotatable bonds is 15. The van der Waals surface area contributed by atoms with E-state index in [0.717, 1.165) is 5.56 Å². The lowest BCUT2D eigenvalue weighted by Gasteiger charge is -2.23. The second-order valence-electron chi connectivity index (χ2n) is 10.4. The van der Waals surface area contributed by atoms with Gasteiger partial charge in [-0.1, -0.05) is 67.6 Å². The number of hydrogen-bond donors (Lipinski definition) is 4. The van der Waals surface area contributed by atoms with Crippen molar-refractivity contribution in [2.75, 3.05) is 13.1 Å². The van der Waals surface area contributed by atoms with E-state index >= 15 is 0 Å². The van der Waals surface area contributed by atoms with Crippen LogP contribution < -0.4 is 10.0 Å². The van der Waals surface area contributed by atoms with E-state index in [-0.39, 0.29) is 53.8 Å². The van der Waals surface area contributed by atoms with Crippen LogP contribution in [0.25, 0.3) is 11.1 Å². The van der Waals surface area contributed by atoms with Gasteiger partial charge in [0.25, 0.3) is 15.9 Å². The number of carbonyl (C=O) groups is 3. The fourth-order valence-corrected chi connectivity index (χ4v) is 6.00. The molecule has 3 N–H and O–H groups in total. The van der Waals surface area contributed by atoms with E-state index in [4.69, 9.17) is 0 Å². The molecule has 0 saturated carbocycles. The SMILES string of the molecule is CCCC(=O)N(CCC(=O)NC[C@@H](S)Cc1ccccc1F)Cc1ccc(-c2ccccc2S(=O)(=O)NC(=O)[C@H](C)O)cc1. The zero-order valence-electron chi connectivity index (χ0n) is 24.7. The van der Waals surface area contributed by atoms with E-state index in [0.29, 0.717) is 36.0 Å². The Bertz CT molecular complexity index is 1550. The summed E-state index contributed by atoms with van der Waals surface area (Å²) >= 11 is 4.47. The number of amides is 3. The number of carbonyl (C=O) groups excluding carboxylic acids is 3. The van der Waals surface area contributed by atoms with Crippen molar-refractivity contribution in [3.05, 3.63) is 89.7 Å². The van der Waals surface area contributed by atoms with Crippen molar-refractivity contribution in [3.63, 3.8) is 0 Å². The summed E-state index contributed by atoms with van der Waals surface area (Å²) in [6.45, 7) is 3.76. The Balaban J connectivity index is 1.65. The van der Waals surface area contributed by atoms with Crippen molar-refractivity contribution in [1.29, 1.82) is 0 Å². The van der Waals surface area contributed by atoms with Crippen LogP contribution in [0.15, 0.2) is 77.7 Å². The normalized spacial score (nSPS) is 12.7. The van der Waals surface area contributed by atoms with Crippen LogP contribution in [0.3, 0.4) is 0 Å². The quantitative estimate of drug-likeness (QED) is 0.186. The zero-order chi connectivity index (χ0) is 32.3. The Kier molecular flexibility index (Phi) is 12.9. The van der Waals surface area contributed by atoms with Crippen LogP contribution in [-0.4, -0.2) is 60.6 Å². The number of aliphatic hydroxyl groups excluding tert-OH is 1. The van der Waals surface area contributed by atoms with Gasteiger partial charge in [-0.25, -0.2) is 17.5 Å². The topological polar surface area (TPSA) is 133 Å². The van der Waals surface area contributed by atoms with Gasteiger partial charge in [0, 0.05) is 43.3 Å². The molecule has 44 heavy (non-hydrogen) atoms. The predicted molar refractivity (Wildman–Crippen MR) is 170 cm³/mol. The molecule has 0 aliphatic heterocycles. The third-order valence-electron chi connectivity index (χ3n) is 6.80. The summed E-state index contributed by atoms with van der Waals surface area (Å²) in [5, 5.41) is 12.0. The number of benzene rings is 3. The first-order chi connectivity index (χ1) is 20.9. The van der Waals surface area contributed by atoms with Crippen molar-refractivity contribution < 1.29 is 32.3 Å². The van der Waals surface area contributed by atoms with Gasteiger partial charge in [-0.15, -0.1) is 0 Å². The van der Waals surface area contributed by atoms with Gasteiger partial charge in [0.05, 0.1) is 4.90 Å². The van der Waals surface area contributed by atoms with Crippen molar-refractivity contribution in [1.82, 2.24) is 14.9 Å². The molecule has 0 aliphatic rings. The van der Waals surface area contributed by atoms with Gasteiger partial charge >= 0.3 is 0 Å². The van der Waals surface area contributed by atoms with Gasteiger partial charge < -0.3 is 15.3 Å². The molecule has 0 aromatic heterocycles. The van der Waals surface area contributed by atoms with E-state index in [2.05, 4.69) is 17.9 Å². The van der Waals surface area contributed by atoms with Crippen molar-refractivity contribution in [2.24, 2.45) is 0 Å². The van der Waals surface area contributed by atoms with Gasteiger partial charge in [0.15, 0.2) is 0 Å². The number of nitrogens with one attached hydrogen (secondary N) is 2. The lowest BCUT2D eigenvalue weighted by molar-refractivity contribution is -0.132. The summed E-state index contributed by atoms with van der Waals surface area (Å²) in [6.07, 6.45) is -0.0812. The van der Waals surface area contributed by atoms with Gasteiger partial charge in [-0.3, -0.25) is 14.4 Å². The molecule has 236 valence electrons. The maximum absolute atomic E-state index is 13.9. The van der Waals surface area contributed by atoms with Gasteiger partial charge in [-0.05, 0) is 48.6 Å². The maximum Gasteiger partial charge on any atom is 0.264 e. The second-order valence-corrected chi connectivity index (χ2v) is 12.8. The van der Waals surface area contributed by atoms with Crippen molar-refractivity contribution >= 4 is 40.4 Å². The summed E-state index contributed by atoms with van der Waals surface area (Å²) in [5.41, 5.74) is 2.23. The molecular formula is C32H38FN3O6S2. The Morgan fingerprint density at radius 1 is 0.977 bits per heavy atom. The number of nitrogens with zero attached hydrogens (tertiary/aromatic N) is 1. The molecule has 12 heteroatoms. The lowest BCUT2D eigenvalue weighted by atomic mass is 10.0. The summed E-state index contributed by atoms with van der Waals surface area (Å²) in [7, 11) is -4.25. The number of thiol groups is 1. The first kappa shape index (κ1) is 34.7. The molecule has 0 bridgehead atoms. The molecule has 0 aliphatic carbocycles. The largest absolute Gasteiger partial charge is 0.384 e. The average Bonchev–Trinajstić information content (AvgIpc) is 2.99. The Hall–Kier alpha value is -3.74. The summed E-state index contributed by atoms with van der Waals surface area (Å²) in [6, 6.07) is 19.6. The fourth-order valence-electron chi connectivity index (χ4n) is 4.43. The number of sulfonamides is 1. The monoisotopic (exact) mass is 643 g/mol. The third-order valence-corrected chi connectivity index (χ3v) is 8.57. The van der Waals surface area contributed by atoms with Crippen molar-refractivity contribution in [2.45, 2.75) is 62.3 Å². The molecule has 0 saturated heterocycles. The van der Waals surface area contributed by atoms with Crippen LogP contribution in [0.2, 0.25) is 0 Å². The van der Waals surface area contributed by atoms with Crippen LogP contribution >= 0.6 is 12.6 Å². The van der Waals surface area contributed by atoms with Gasteiger partial charge in [0.2, 0.25) is 11.8 Å². The third kappa shape index (κ3) is 10.2. The summed E-state index contributed by atoms with van der Waals surface area (Å²) < 4.78 is 41.5. The second kappa shape index (κ2) is 16.4. The van der Waals surface area contributed by atoms with Crippen molar-refractivity contribution in [3.8, 4) is 11.1 Å². The molecule has 0 unspecified atom stereocenters. The molecule has 3 aromatic carbocycles. The highest BCUT2D eigenvalue weighted by atomic mass is 32.2. The minimum Gasteiger partial charge on any atom is -0.384 e. The Morgan fingerprint density at radius 2 is 1.64 bits per heavy atom. The highest BCUT2D eigenvalue weighted by Gasteiger charge is 2.24. The molecule has 0 spiro atoms. The van der Waals surface area contributed by atoms with E-state index < -0.39 is 22.0 Å². The highest BCUT2D eigenvalue weighted by Crippen LogP contribution is 2.28. The van der Waals surface area contributed by atoms with Gasteiger partial charge in [-0.2, -0.15) is 12.6 Å². The first-order valence-electron chi connectivity index (χ1n) is 14.3. The molecule has 0 heterocycles. The Labute approximate surface area is 263 Å². The summed E-state index contributed by atoms with van der Waals surface area (Å²) in [4.78, 5) is 38.8. The standard InChI is InChI=1S/C32H38FN3O6S2/c1-3-8-31(39)36(18-17-30(38)34-20-26(43)19-25-9-4-6-11-28(25)33)21-23-13-15-24(16-14-23)27-10-5-7-12-29(27)44(41,42)35-32(40)22(2)37/h4-7,9-16,22,26,37,43H,3,8,17-21H2,1-2H3,(H,34,38)(H,35,40)/t22-,26-/m0/s1. The van der Waals surface area contributed by atoms with E-state index in [9.17, 15) is 32.3 Å². The van der Waals surface area contributed by atoms with Gasteiger partial charge in [0.1, 0.15) is 11.9 Å². The molecule has 9 nitrogen and oxygen atoms in total. The van der Waals surface area contributed by atoms with E-state index in [1.54, 1.807) is 59.5 Å². The van der Waals surface area contributed by atoms with Crippen LogP contribution in [0.5, 0.6) is 0 Å². The maximum atomic E-state index is 13.9. The molecule has 3 rings (SSSR count). The van der Waals surface area contributed by atoms with E-state index in [1.807, 2.05) is 11.6 Å². The molecular weight excluding hydrogens is 605 g/mol. The number of hydrogen-bond acceptors (Lipinski definition) is 7.